The topological polar surface area (TPSA) is 55.0 Å². The van der Waals surface area contributed by atoms with Crippen molar-refractivity contribution in [2.75, 3.05) is 18.0 Å². The van der Waals surface area contributed by atoms with Gasteiger partial charge in [-0.3, -0.25) is 9.97 Å². The quantitative estimate of drug-likeness (QED) is 0.750. The highest BCUT2D eigenvalue weighted by atomic mass is 35.5. The van der Waals surface area contributed by atoms with E-state index in [-0.39, 0.29) is 18.4 Å². The van der Waals surface area contributed by atoms with Crippen LogP contribution in [0.25, 0.3) is 22.0 Å². The maximum Gasteiger partial charge on any atom is 0.0726 e. The molecule has 1 saturated heterocycles. The average Bonchev–Trinajstić information content (AvgIpc) is 3.28. The number of halogens is 1. The first-order valence-corrected chi connectivity index (χ1v) is 9.16. The third kappa shape index (κ3) is 2.83. The Morgan fingerprint density at radius 3 is 2.65 bits per heavy atom. The molecule has 2 N–H and O–H groups in total. The van der Waals surface area contributed by atoms with E-state index >= 15 is 0 Å². The van der Waals surface area contributed by atoms with Crippen molar-refractivity contribution < 1.29 is 0 Å². The Labute approximate surface area is 159 Å². The van der Waals surface area contributed by atoms with Gasteiger partial charge in [0.2, 0.25) is 0 Å². The summed E-state index contributed by atoms with van der Waals surface area (Å²) in [4.78, 5) is 11.6. The first-order chi connectivity index (χ1) is 12.3. The van der Waals surface area contributed by atoms with Crippen LogP contribution in [-0.2, 0) is 12.8 Å². The van der Waals surface area contributed by atoms with Crippen molar-refractivity contribution >= 4 is 29.0 Å². The van der Waals surface area contributed by atoms with Crippen LogP contribution in [0.1, 0.15) is 24.1 Å². The molecule has 1 aliphatic carbocycles. The fourth-order valence-corrected chi connectivity index (χ4v) is 4.31. The van der Waals surface area contributed by atoms with Crippen LogP contribution in [0.3, 0.4) is 0 Å². The predicted octanol–water partition coefficient (Wildman–Crippen LogP) is 3.74. The molecule has 1 aromatic carbocycles. The average molecular weight is 367 g/mol. The van der Waals surface area contributed by atoms with Crippen LogP contribution < -0.4 is 10.6 Å². The third-order valence-electron chi connectivity index (χ3n) is 5.54. The van der Waals surface area contributed by atoms with Gasteiger partial charge in [0.1, 0.15) is 0 Å². The standard InChI is InChI=1S/C21H22N4.ClH/c22-16-8-11-25(13-16)21-17-2-1-3-19(17)24-20-5-4-15(12-18(20)21)14-6-9-23-10-7-14;/h4-7,9-10,12,16H,1-3,8,11,13,22H2;1H. The highest BCUT2D eigenvalue weighted by Gasteiger charge is 2.27. The maximum absolute atomic E-state index is 6.21. The molecule has 0 spiro atoms. The molecule has 0 radical (unpaired) electrons. The molecule has 3 aromatic rings. The Morgan fingerprint density at radius 2 is 1.88 bits per heavy atom. The van der Waals surface area contributed by atoms with Crippen molar-refractivity contribution in [2.24, 2.45) is 5.73 Å². The largest absolute Gasteiger partial charge is 0.369 e. The Kier molecular flexibility index (Phi) is 4.55. The molecule has 2 aromatic heterocycles. The van der Waals surface area contributed by atoms with Crippen molar-refractivity contribution in [1.82, 2.24) is 9.97 Å². The van der Waals surface area contributed by atoms with E-state index in [1.165, 1.54) is 39.9 Å². The van der Waals surface area contributed by atoms with Gasteiger partial charge in [-0.15, -0.1) is 12.4 Å². The normalized spacial score (nSPS) is 18.8. The van der Waals surface area contributed by atoms with E-state index in [0.717, 1.165) is 37.9 Å². The van der Waals surface area contributed by atoms with Gasteiger partial charge in [-0.25, -0.2) is 0 Å². The van der Waals surface area contributed by atoms with E-state index in [0.29, 0.717) is 0 Å². The molecule has 5 heteroatoms. The molecule has 2 aliphatic rings. The van der Waals surface area contributed by atoms with Crippen LogP contribution in [-0.4, -0.2) is 29.1 Å². The lowest BCUT2D eigenvalue weighted by atomic mass is 10.0. The summed E-state index contributed by atoms with van der Waals surface area (Å²) in [6, 6.07) is 11.0. The number of rotatable bonds is 2. The summed E-state index contributed by atoms with van der Waals surface area (Å²) in [5.74, 6) is 0. The molecular weight excluding hydrogens is 344 g/mol. The minimum Gasteiger partial charge on any atom is -0.369 e. The summed E-state index contributed by atoms with van der Waals surface area (Å²) < 4.78 is 0. The summed E-state index contributed by atoms with van der Waals surface area (Å²) in [7, 11) is 0. The fourth-order valence-electron chi connectivity index (χ4n) is 4.31. The van der Waals surface area contributed by atoms with Crippen LogP contribution in [0.15, 0.2) is 42.7 Å². The van der Waals surface area contributed by atoms with E-state index in [1.807, 2.05) is 12.4 Å². The van der Waals surface area contributed by atoms with Crippen LogP contribution in [0.4, 0.5) is 5.69 Å². The van der Waals surface area contributed by atoms with Crippen LogP contribution in [0.2, 0.25) is 0 Å². The SMILES string of the molecule is Cl.NC1CCN(c2c3c(nc4ccc(-c5ccncc5)cc24)CCC3)C1. The molecule has 3 heterocycles. The third-order valence-corrected chi connectivity index (χ3v) is 5.54. The minimum absolute atomic E-state index is 0. The summed E-state index contributed by atoms with van der Waals surface area (Å²) in [5, 5.41) is 1.27. The Morgan fingerprint density at radius 1 is 1.04 bits per heavy atom. The highest BCUT2D eigenvalue weighted by Crippen LogP contribution is 2.39. The second kappa shape index (κ2) is 6.86. The van der Waals surface area contributed by atoms with Crippen molar-refractivity contribution in [3.63, 3.8) is 0 Å². The lowest BCUT2D eigenvalue weighted by molar-refractivity contribution is 0.752. The van der Waals surface area contributed by atoms with Crippen LogP contribution >= 0.6 is 12.4 Å². The maximum atomic E-state index is 6.21. The molecule has 1 fully saturated rings. The Hall–Kier alpha value is -2.17. The lowest BCUT2D eigenvalue weighted by Crippen LogP contribution is -2.27. The van der Waals surface area contributed by atoms with Gasteiger partial charge < -0.3 is 10.6 Å². The van der Waals surface area contributed by atoms with Gasteiger partial charge in [0.15, 0.2) is 0 Å². The number of anilines is 1. The minimum atomic E-state index is 0. The van der Waals surface area contributed by atoms with Gasteiger partial charge in [0, 0.05) is 42.6 Å². The Balaban J connectivity index is 0.00000168. The summed E-state index contributed by atoms with van der Waals surface area (Å²) in [5.41, 5.74) is 13.9. The molecule has 1 aliphatic heterocycles. The molecule has 0 amide bonds. The van der Waals surface area contributed by atoms with Crippen LogP contribution in [0.5, 0.6) is 0 Å². The number of hydrogen-bond donors (Lipinski definition) is 1. The summed E-state index contributed by atoms with van der Waals surface area (Å²) in [6.07, 6.45) is 8.22. The Bertz CT molecular complexity index is 942. The van der Waals surface area contributed by atoms with E-state index in [9.17, 15) is 0 Å². The van der Waals surface area contributed by atoms with E-state index in [4.69, 9.17) is 10.7 Å². The second-order valence-corrected chi connectivity index (χ2v) is 7.20. The second-order valence-electron chi connectivity index (χ2n) is 7.20. The monoisotopic (exact) mass is 366 g/mol. The molecule has 134 valence electrons. The van der Waals surface area contributed by atoms with Gasteiger partial charge in [0.25, 0.3) is 0 Å². The number of pyridine rings is 2. The number of fused-ring (bicyclic) bond motifs is 2. The van der Waals surface area contributed by atoms with E-state index < -0.39 is 0 Å². The number of nitrogens with two attached hydrogens (primary N) is 1. The van der Waals surface area contributed by atoms with Gasteiger partial charge in [-0.1, -0.05) is 6.07 Å². The van der Waals surface area contributed by atoms with Gasteiger partial charge in [-0.05, 0) is 66.6 Å². The molecule has 26 heavy (non-hydrogen) atoms. The van der Waals surface area contributed by atoms with Gasteiger partial charge in [0.05, 0.1) is 11.2 Å². The summed E-state index contributed by atoms with van der Waals surface area (Å²) in [6.45, 7) is 2.00. The van der Waals surface area contributed by atoms with Crippen molar-refractivity contribution in [3.05, 3.63) is 54.0 Å². The van der Waals surface area contributed by atoms with E-state index in [2.05, 4.69) is 40.2 Å². The fraction of sp³-hybridized carbons (Fsp3) is 0.333. The number of nitrogens with zero attached hydrogens (tertiary/aromatic N) is 3. The zero-order valence-electron chi connectivity index (χ0n) is 14.7. The molecule has 0 bridgehead atoms. The highest BCUT2D eigenvalue weighted by molar-refractivity contribution is 5.97. The zero-order chi connectivity index (χ0) is 16.8. The predicted molar refractivity (Wildman–Crippen MR) is 109 cm³/mol. The first-order valence-electron chi connectivity index (χ1n) is 9.16. The molecule has 5 rings (SSSR count). The van der Waals surface area contributed by atoms with Crippen LogP contribution in [0, 0.1) is 0 Å². The molecule has 4 nitrogen and oxygen atoms in total. The van der Waals surface area contributed by atoms with Gasteiger partial charge >= 0.3 is 0 Å². The zero-order valence-corrected chi connectivity index (χ0v) is 15.5. The van der Waals surface area contributed by atoms with E-state index in [1.54, 1.807) is 0 Å². The molecular formula is C21H23ClN4. The number of aromatic nitrogens is 2. The lowest BCUT2D eigenvalue weighted by Gasteiger charge is -2.24. The number of aryl methyl sites for hydroxylation is 1. The number of benzene rings is 1. The molecule has 1 unspecified atom stereocenters. The van der Waals surface area contributed by atoms with Crippen molar-refractivity contribution in [1.29, 1.82) is 0 Å². The smallest absolute Gasteiger partial charge is 0.0726 e. The molecule has 1 atom stereocenters. The summed E-state index contributed by atoms with van der Waals surface area (Å²) >= 11 is 0. The van der Waals surface area contributed by atoms with Crippen molar-refractivity contribution in [3.8, 4) is 11.1 Å². The number of hydrogen-bond acceptors (Lipinski definition) is 4. The van der Waals surface area contributed by atoms with Crippen molar-refractivity contribution in [2.45, 2.75) is 31.7 Å². The van der Waals surface area contributed by atoms with Gasteiger partial charge in [-0.2, -0.15) is 0 Å². The first kappa shape index (κ1) is 17.3. The molecule has 0 saturated carbocycles.